The molecule has 186 valence electrons. The molecule has 2 heterocycles. The van der Waals surface area contributed by atoms with Gasteiger partial charge in [0, 0.05) is 41.2 Å². The number of aromatic nitrogens is 2. The van der Waals surface area contributed by atoms with E-state index in [0.29, 0.717) is 17.1 Å². The second-order valence-electron chi connectivity index (χ2n) is 8.34. The highest BCUT2D eigenvalue weighted by molar-refractivity contribution is 7.90. The van der Waals surface area contributed by atoms with Crippen LogP contribution in [-0.4, -0.2) is 44.8 Å². The Bertz CT molecular complexity index is 1540. The summed E-state index contributed by atoms with van der Waals surface area (Å²) in [6.07, 6.45) is 7.90. The third kappa shape index (κ3) is 5.41. The number of carbonyl (C=O) groups excluding carboxylic acids is 1. The van der Waals surface area contributed by atoms with Crippen LogP contribution in [0.5, 0.6) is 11.5 Å². The van der Waals surface area contributed by atoms with Crippen molar-refractivity contribution in [2.75, 3.05) is 20.5 Å². The Labute approximate surface area is 209 Å². The summed E-state index contributed by atoms with van der Waals surface area (Å²) in [4.78, 5) is 20.4. The smallest absolute Gasteiger partial charge is 0.244 e. The minimum atomic E-state index is -3.26. The molecule has 0 saturated carbocycles. The number of nitrogens with one attached hydrogen (secondary N) is 2. The van der Waals surface area contributed by atoms with Crippen LogP contribution in [0, 0.1) is 0 Å². The van der Waals surface area contributed by atoms with Gasteiger partial charge in [-0.2, -0.15) is 0 Å². The lowest BCUT2D eigenvalue weighted by Gasteiger charge is -2.15. The fourth-order valence-electron chi connectivity index (χ4n) is 3.85. The molecule has 0 aliphatic rings. The molecule has 4 aromatic rings. The summed E-state index contributed by atoms with van der Waals surface area (Å²) in [6.45, 7) is 1.89. The highest BCUT2D eigenvalue weighted by Crippen LogP contribution is 2.30. The van der Waals surface area contributed by atoms with Crippen molar-refractivity contribution >= 4 is 32.9 Å². The van der Waals surface area contributed by atoms with Gasteiger partial charge in [-0.05, 0) is 54.5 Å². The van der Waals surface area contributed by atoms with Gasteiger partial charge in [-0.15, -0.1) is 0 Å². The Hall–Kier alpha value is -4.11. The number of benzene rings is 2. The molecule has 0 fully saturated rings. The maximum Gasteiger partial charge on any atom is 0.244 e. The van der Waals surface area contributed by atoms with E-state index in [1.54, 1.807) is 63.0 Å². The minimum Gasteiger partial charge on any atom is -0.493 e. The number of rotatable bonds is 8. The number of carbonyl (C=O) groups is 1. The first kappa shape index (κ1) is 25.0. The summed E-state index contributed by atoms with van der Waals surface area (Å²) in [6, 6.07) is 13.9. The van der Waals surface area contributed by atoms with Crippen LogP contribution in [0.15, 0.2) is 71.9 Å². The number of ether oxygens (including phenoxy) is 2. The summed E-state index contributed by atoms with van der Waals surface area (Å²) in [7, 11) is -0.119. The SMILES string of the molecule is COc1ccc([C@@H](C)NC(=O)/C=C/c2c[nH]c3ncc(-c4ccc(S(C)(=O)=O)cc4)cc23)cc1OC. The maximum atomic E-state index is 12.6. The average Bonchev–Trinajstić information content (AvgIpc) is 3.28. The predicted molar refractivity (Wildman–Crippen MR) is 140 cm³/mol. The Kier molecular flexibility index (Phi) is 7.12. The zero-order valence-electron chi connectivity index (χ0n) is 20.4. The number of nitrogens with zero attached hydrogens (tertiary/aromatic N) is 1. The number of fused-ring (bicyclic) bond motifs is 1. The van der Waals surface area contributed by atoms with Crippen LogP contribution >= 0.6 is 0 Å². The standard InChI is InChI=1S/C27H27N3O5S/c1-17(19-7-11-24(34-2)25(14-19)35-3)30-26(31)12-8-20-15-28-27-23(20)13-21(16-29-27)18-5-9-22(10-6-18)36(4,32)33/h5-17H,1-4H3,(H,28,29)(H,30,31)/b12-8+/t17-/m1/s1. The van der Waals surface area contributed by atoms with Crippen molar-refractivity contribution in [1.82, 2.24) is 15.3 Å². The quantitative estimate of drug-likeness (QED) is 0.340. The Morgan fingerprint density at radius 1 is 1.03 bits per heavy atom. The van der Waals surface area contributed by atoms with E-state index in [1.165, 1.54) is 12.3 Å². The van der Waals surface area contributed by atoms with E-state index in [2.05, 4.69) is 15.3 Å². The van der Waals surface area contributed by atoms with Crippen LogP contribution in [0.2, 0.25) is 0 Å². The Morgan fingerprint density at radius 3 is 2.42 bits per heavy atom. The van der Waals surface area contributed by atoms with Gasteiger partial charge >= 0.3 is 0 Å². The van der Waals surface area contributed by atoms with Gasteiger partial charge in [0.25, 0.3) is 0 Å². The molecule has 2 aromatic carbocycles. The molecule has 2 N–H and O–H groups in total. The second kappa shape index (κ2) is 10.2. The lowest BCUT2D eigenvalue weighted by Crippen LogP contribution is -2.24. The molecular weight excluding hydrogens is 478 g/mol. The summed E-state index contributed by atoms with van der Waals surface area (Å²) in [5, 5.41) is 3.80. The highest BCUT2D eigenvalue weighted by Gasteiger charge is 2.13. The molecule has 0 radical (unpaired) electrons. The number of H-pyrrole nitrogens is 1. The van der Waals surface area contributed by atoms with Crippen molar-refractivity contribution in [3.05, 3.63) is 78.1 Å². The minimum absolute atomic E-state index is 0.242. The molecule has 2 aromatic heterocycles. The van der Waals surface area contributed by atoms with E-state index in [1.807, 2.05) is 25.1 Å². The fraction of sp³-hybridized carbons (Fsp3) is 0.185. The van der Waals surface area contributed by atoms with Crippen LogP contribution in [-0.2, 0) is 14.6 Å². The molecule has 36 heavy (non-hydrogen) atoms. The van der Waals surface area contributed by atoms with Crippen molar-refractivity contribution in [3.8, 4) is 22.6 Å². The monoisotopic (exact) mass is 505 g/mol. The molecule has 0 bridgehead atoms. The fourth-order valence-corrected chi connectivity index (χ4v) is 4.48. The van der Waals surface area contributed by atoms with Gasteiger partial charge in [0.1, 0.15) is 5.65 Å². The van der Waals surface area contributed by atoms with E-state index in [4.69, 9.17) is 9.47 Å². The lowest BCUT2D eigenvalue weighted by molar-refractivity contribution is -0.117. The zero-order valence-corrected chi connectivity index (χ0v) is 21.2. The number of aromatic amines is 1. The first-order valence-electron chi connectivity index (χ1n) is 11.2. The summed E-state index contributed by atoms with van der Waals surface area (Å²) in [5.41, 5.74) is 4.06. The lowest BCUT2D eigenvalue weighted by atomic mass is 10.1. The summed E-state index contributed by atoms with van der Waals surface area (Å²) in [5.74, 6) is 0.977. The van der Waals surface area contributed by atoms with E-state index in [9.17, 15) is 13.2 Å². The predicted octanol–water partition coefficient (Wildman–Crippen LogP) is 4.54. The molecule has 1 atom stereocenters. The number of methoxy groups -OCH3 is 2. The molecule has 9 heteroatoms. The van der Waals surface area contributed by atoms with Crippen LogP contribution in [0.25, 0.3) is 28.2 Å². The third-order valence-corrected chi connectivity index (χ3v) is 6.99. The molecule has 0 aliphatic carbocycles. The number of hydrogen-bond donors (Lipinski definition) is 2. The van der Waals surface area contributed by atoms with Gasteiger partial charge in [0.05, 0.1) is 25.2 Å². The van der Waals surface area contributed by atoms with Gasteiger partial charge in [0.2, 0.25) is 5.91 Å². The molecule has 0 aliphatic heterocycles. The molecule has 4 rings (SSSR count). The van der Waals surface area contributed by atoms with Gasteiger partial charge in [-0.25, -0.2) is 13.4 Å². The Morgan fingerprint density at radius 2 is 1.75 bits per heavy atom. The first-order valence-corrected chi connectivity index (χ1v) is 13.1. The highest BCUT2D eigenvalue weighted by atomic mass is 32.2. The van der Waals surface area contributed by atoms with Crippen molar-refractivity contribution in [3.63, 3.8) is 0 Å². The number of pyridine rings is 1. The van der Waals surface area contributed by atoms with Gasteiger partial charge in [-0.1, -0.05) is 18.2 Å². The average molecular weight is 506 g/mol. The van der Waals surface area contributed by atoms with E-state index in [0.717, 1.165) is 27.6 Å². The molecule has 0 saturated heterocycles. The molecule has 8 nitrogen and oxygen atoms in total. The van der Waals surface area contributed by atoms with Crippen LogP contribution in [0.3, 0.4) is 0 Å². The molecule has 1 amide bonds. The number of hydrogen-bond acceptors (Lipinski definition) is 6. The largest absolute Gasteiger partial charge is 0.493 e. The molecule has 0 unspecified atom stereocenters. The summed E-state index contributed by atoms with van der Waals surface area (Å²) >= 11 is 0. The van der Waals surface area contributed by atoms with Crippen molar-refractivity contribution in [2.45, 2.75) is 17.9 Å². The van der Waals surface area contributed by atoms with Crippen molar-refractivity contribution in [1.29, 1.82) is 0 Å². The molecule has 0 spiro atoms. The second-order valence-corrected chi connectivity index (χ2v) is 10.4. The van der Waals surface area contributed by atoms with Crippen LogP contribution in [0.4, 0.5) is 0 Å². The van der Waals surface area contributed by atoms with E-state index < -0.39 is 9.84 Å². The van der Waals surface area contributed by atoms with Crippen molar-refractivity contribution < 1.29 is 22.7 Å². The van der Waals surface area contributed by atoms with Gasteiger partial charge < -0.3 is 19.8 Å². The van der Waals surface area contributed by atoms with Crippen LogP contribution < -0.4 is 14.8 Å². The van der Waals surface area contributed by atoms with Gasteiger partial charge in [0.15, 0.2) is 21.3 Å². The zero-order chi connectivity index (χ0) is 25.9. The van der Waals surface area contributed by atoms with Crippen molar-refractivity contribution in [2.24, 2.45) is 0 Å². The van der Waals surface area contributed by atoms with E-state index >= 15 is 0 Å². The first-order chi connectivity index (χ1) is 17.2. The maximum absolute atomic E-state index is 12.6. The molecular formula is C27H27N3O5S. The topological polar surface area (TPSA) is 110 Å². The normalized spacial score (nSPS) is 12.6. The number of sulfone groups is 1. The van der Waals surface area contributed by atoms with E-state index in [-0.39, 0.29) is 16.8 Å². The van der Waals surface area contributed by atoms with Gasteiger partial charge in [-0.3, -0.25) is 4.79 Å². The Balaban J connectivity index is 1.51. The summed E-state index contributed by atoms with van der Waals surface area (Å²) < 4.78 is 34.1. The third-order valence-electron chi connectivity index (χ3n) is 5.86. The van der Waals surface area contributed by atoms with Crippen LogP contribution in [0.1, 0.15) is 24.1 Å². The number of amides is 1.